The molecule has 3 aromatic rings. The molecule has 0 aliphatic rings. The monoisotopic (exact) mass is 326 g/mol. The Morgan fingerprint density at radius 3 is 2.70 bits per heavy atom. The van der Waals surface area contributed by atoms with E-state index in [1.54, 1.807) is 7.11 Å². The number of aryl methyl sites for hydroxylation is 1. The Morgan fingerprint density at radius 2 is 1.96 bits per heavy atom. The molecule has 0 bridgehead atoms. The lowest BCUT2D eigenvalue weighted by molar-refractivity contribution is 0.419. The van der Waals surface area contributed by atoms with E-state index in [1.165, 1.54) is 11.1 Å². The van der Waals surface area contributed by atoms with E-state index in [0.29, 0.717) is 5.88 Å². The molecule has 1 aromatic heterocycles. The van der Waals surface area contributed by atoms with Gasteiger partial charge in [-0.1, -0.05) is 36.4 Å². The number of hydrogen-bond donors (Lipinski definition) is 1. The van der Waals surface area contributed by atoms with Crippen LogP contribution in [0.15, 0.2) is 48.5 Å². The molecule has 118 valence electrons. The van der Waals surface area contributed by atoms with E-state index in [1.807, 2.05) is 24.3 Å². The molecule has 3 nitrogen and oxygen atoms in total. The van der Waals surface area contributed by atoms with Crippen molar-refractivity contribution in [3.8, 4) is 5.75 Å². The van der Waals surface area contributed by atoms with E-state index in [0.717, 1.165) is 34.6 Å². The molecule has 4 heteroatoms. The number of aromatic nitrogens is 1. The highest BCUT2D eigenvalue weighted by Crippen LogP contribution is 2.30. The molecule has 0 atom stereocenters. The van der Waals surface area contributed by atoms with Crippen molar-refractivity contribution < 1.29 is 4.74 Å². The Balaban J connectivity index is 2.01. The summed E-state index contributed by atoms with van der Waals surface area (Å²) in [6, 6.07) is 16.3. The van der Waals surface area contributed by atoms with Crippen molar-refractivity contribution in [2.45, 2.75) is 19.3 Å². The molecule has 3 rings (SSSR count). The van der Waals surface area contributed by atoms with E-state index in [4.69, 9.17) is 16.3 Å². The average molecular weight is 327 g/mol. The van der Waals surface area contributed by atoms with Gasteiger partial charge in [0.1, 0.15) is 11.3 Å². The predicted octanol–water partition coefficient (Wildman–Crippen LogP) is 4.90. The molecule has 0 unspecified atom stereocenters. The van der Waals surface area contributed by atoms with E-state index in [-0.39, 0.29) is 0 Å². The molecule has 1 heterocycles. The highest BCUT2D eigenvalue weighted by atomic mass is 35.5. The normalized spacial score (nSPS) is 10.7. The van der Waals surface area contributed by atoms with Gasteiger partial charge in [0.15, 0.2) is 0 Å². The largest absolute Gasteiger partial charge is 0.494 e. The number of benzene rings is 2. The summed E-state index contributed by atoms with van der Waals surface area (Å²) in [6.45, 7) is 2.87. The standard InChI is InChI=1S/C19H19ClN2O/c1-13-6-3-4-7-14(13)12-21-17-10-15(11-20)22-19-16(17)8-5-9-18(19)23-2/h3-10H,11-12H2,1-2H3,(H,21,22). The number of methoxy groups -OCH3 is 1. The van der Waals surface area contributed by atoms with E-state index in [2.05, 4.69) is 41.5 Å². The second kappa shape index (κ2) is 6.88. The molecule has 1 N–H and O–H groups in total. The molecule has 0 aliphatic carbocycles. The van der Waals surface area contributed by atoms with Crippen LogP contribution >= 0.6 is 11.6 Å². The second-order valence-electron chi connectivity index (χ2n) is 5.43. The molecule has 0 spiro atoms. The van der Waals surface area contributed by atoms with Crippen LogP contribution in [0.25, 0.3) is 10.9 Å². The Kier molecular flexibility index (Phi) is 4.68. The highest BCUT2D eigenvalue weighted by Gasteiger charge is 2.10. The number of pyridine rings is 1. The Labute approximate surface area is 141 Å². The summed E-state index contributed by atoms with van der Waals surface area (Å²) in [7, 11) is 1.66. The number of rotatable bonds is 5. The zero-order valence-corrected chi connectivity index (χ0v) is 14.0. The van der Waals surface area contributed by atoms with Gasteiger partial charge in [0.05, 0.1) is 18.7 Å². The van der Waals surface area contributed by atoms with Crippen molar-refractivity contribution in [2.75, 3.05) is 12.4 Å². The van der Waals surface area contributed by atoms with Crippen molar-refractivity contribution in [2.24, 2.45) is 0 Å². The average Bonchev–Trinajstić information content (AvgIpc) is 2.60. The Morgan fingerprint density at radius 1 is 1.13 bits per heavy atom. The van der Waals surface area contributed by atoms with E-state index >= 15 is 0 Å². The molecular weight excluding hydrogens is 308 g/mol. The quantitative estimate of drug-likeness (QED) is 0.677. The first kappa shape index (κ1) is 15.6. The summed E-state index contributed by atoms with van der Waals surface area (Å²) in [6.07, 6.45) is 0. The van der Waals surface area contributed by atoms with Gasteiger partial charge in [-0.2, -0.15) is 0 Å². The van der Waals surface area contributed by atoms with Gasteiger partial charge in [0.2, 0.25) is 0 Å². The van der Waals surface area contributed by atoms with Gasteiger partial charge in [0, 0.05) is 17.6 Å². The number of hydrogen-bond acceptors (Lipinski definition) is 3. The summed E-state index contributed by atoms with van der Waals surface area (Å²) in [5.41, 5.74) is 5.23. The minimum atomic E-state index is 0.368. The molecule has 23 heavy (non-hydrogen) atoms. The molecule has 0 saturated carbocycles. The summed E-state index contributed by atoms with van der Waals surface area (Å²) < 4.78 is 5.43. The summed E-state index contributed by atoms with van der Waals surface area (Å²) in [5, 5.41) is 4.55. The summed E-state index contributed by atoms with van der Waals surface area (Å²) >= 11 is 6.01. The Bertz CT molecular complexity index is 833. The van der Waals surface area contributed by atoms with Crippen LogP contribution in [0.3, 0.4) is 0 Å². The fraction of sp³-hybridized carbons (Fsp3) is 0.211. The second-order valence-corrected chi connectivity index (χ2v) is 5.70. The zero-order valence-electron chi connectivity index (χ0n) is 13.3. The van der Waals surface area contributed by atoms with Gasteiger partial charge in [-0.15, -0.1) is 11.6 Å². The van der Waals surface area contributed by atoms with Gasteiger partial charge in [0.25, 0.3) is 0 Å². The number of nitrogens with zero attached hydrogens (tertiary/aromatic N) is 1. The zero-order chi connectivity index (χ0) is 16.2. The fourth-order valence-corrected chi connectivity index (χ4v) is 2.79. The first-order valence-corrected chi connectivity index (χ1v) is 8.07. The van der Waals surface area contributed by atoms with Crippen LogP contribution in [0.1, 0.15) is 16.8 Å². The fourth-order valence-electron chi connectivity index (χ4n) is 2.65. The molecule has 0 aliphatic heterocycles. The van der Waals surface area contributed by atoms with Gasteiger partial charge < -0.3 is 10.1 Å². The van der Waals surface area contributed by atoms with E-state index in [9.17, 15) is 0 Å². The lowest BCUT2D eigenvalue weighted by Gasteiger charge is -2.14. The van der Waals surface area contributed by atoms with Gasteiger partial charge >= 0.3 is 0 Å². The molecular formula is C19H19ClN2O. The van der Waals surface area contributed by atoms with Crippen molar-refractivity contribution in [3.63, 3.8) is 0 Å². The van der Waals surface area contributed by atoms with Gasteiger partial charge in [-0.25, -0.2) is 4.98 Å². The number of fused-ring (bicyclic) bond motifs is 1. The van der Waals surface area contributed by atoms with Crippen LogP contribution in [-0.2, 0) is 12.4 Å². The van der Waals surface area contributed by atoms with Crippen molar-refractivity contribution in [1.82, 2.24) is 4.98 Å². The SMILES string of the molecule is COc1cccc2c(NCc3ccccc3C)cc(CCl)nc12. The van der Waals surface area contributed by atoms with Crippen LogP contribution in [-0.4, -0.2) is 12.1 Å². The van der Waals surface area contributed by atoms with Crippen LogP contribution in [0.4, 0.5) is 5.69 Å². The van der Waals surface area contributed by atoms with Crippen LogP contribution in [0.5, 0.6) is 5.75 Å². The first-order chi connectivity index (χ1) is 11.2. The third kappa shape index (κ3) is 3.25. The minimum Gasteiger partial charge on any atom is -0.494 e. The highest BCUT2D eigenvalue weighted by molar-refractivity contribution is 6.17. The first-order valence-electron chi connectivity index (χ1n) is 7.54. The number of nitrogens with one attached hydrogen (secondary N) is 1. The predicted molar refractivity (Wildman–Crippen MR) is 96.4 cm³/mol. The maximum Gasteiger partial charge on any atom is 0.145 e. The Hall–Kier alpha value is -2.26. The van der Waals surface area contributed by atoms with Gasteiger partial charge in [-0.05, 0) is 30.2 Å². The molecule has 0 amide bonds. The topological polar surface area (TPSA) is 34.1 Å². The van der Waals surface area contributed by atoms with Crippen LogP contribution in [0, 0.1) is 6.92 Å². The molecule has 2 aromatic carbocycles. The maximum absolute atomic E-state index is 6.01. The third-order valence-corrected chi connectivity index (χ3v) is 4.22. The third-order valence-electron chi connectivity index (χ3n) is 3.94. The number of alkyl halides is 1. The molecule has 0 radical (unpaired) electrons. The smallest absolute Gasteiger partial charge is 0.145 e. The maximum atomic E-state index is 6.01. The summed E-state index contributed by atoms with van der Waals surface area (Å²) in [4.78, 5) is 4.60. The van der Waals surface area contributed by atoms with E-state index < -0.39 is 0 Å². The van der Waals surface area contributed by atoms with Crippen LogP contribution in [0.2, 0.25) is 0 Å². The van der Waals surface area contributed by atoms with Crippen molar-refractivity contribution in [3.05, 3.63) is 65.4 Å². The lowest BCUT2D eigenvalue weighted by atomic mass is 10.1. The van der Waals surface area contributed by atoms with Crippen molar-refractivity contribution in [1.29, 1.82) is 0 Å². The van der Waals surface area contributed by atoms with Gasteiger partial charge in [-0.3, -0.25) is 0 Å². The number of anilines is 1. The minimum absolute atomic E-state index is 0.368. The molecule has 0 fully saturated rings. The van der Waals surface area contributed by atoms with Crippen molar-refractivity contribution >= 4 is 28.2 Å². The van der Waals surface area contributed by atoms with Crippen LogP contribution < -0.4 is 10.1 Å². The summed E-state index contributed by atoms with van der Waals surface area (Å²) in [5.74, 6) is 1.13. The number of ether oxygens (including phenoxy) is 1. The molecule has 0 saturated heterocycles. The lowest BCUT2D eigenvalue weighted by Crippen LogP contribution is -2.03. The number of para-hydroxylation sites is 1. The number of halogens is 1.